The SMILES string of the molecule is CN(C)C(=O)c1ccc(N2CCC(CCCNC(=O)[C@@](O)(c3ccccc3)C(F)(F)F)CC2)nc1Cl. The van der Waals surface area contributed by atoms with E-state index in [1.54, 1.807) is 26.2 Å². The molecule has 0 unspecified atom stereocenters. The average molecular weight is 527 g/mol. The number of carbonyl (C=O) groups is 2. The topological polar surface area (TPSA) is 85.8 Å². The Balaban J connectivity index is 1.48. The summed E-state index contributed by atoms with van der Waals surface area (Å²) >= 11 is 6.22. The van der Waals surface area contributed by atoms with Gasteiger partial charge in [0.2, 0.25) is 0 Å². The van der Waals surface area contributed by atoms with Crippen LogP contribution in [0.25, 0.3) is 0 Å². The molecule has 1 fully saturated rings. The maximum absolute atomic E-state index is 13.6. The van der Waals surface area contributed by atoms with Crippen LogP contribution in [-0.2, 0) is 10.4 Å². The predicted molar refractivity (Wildman–Crippen MR) is 131 cm³/mol. The summed E-state index contributed by atoms with van der Waals surface area (Å²) in [5.41, 5.74) is -3.78. The average Bonchev–Trinajstić information content (AvgIpc) is 2.85. The number of hydrogen-bond acceptors (Lipinski definition) is 5. The molecule has 0 radical (unpaired) electrons. The first kappa shape index (κ1) is 27.7. The van der Waals surface area contributed by atoms with Gasteiger partial charge < -0.3 is 20.2 Å². The van der Waals surface area contributed by atoms with E-state index in [1.807, 2.05) is 0 Å². The molecule has 2 amide bonds. The van der Waals surface area contributed by atoms with Crippen molar-refractivity contribution in [3.63, 3.8) is 0 Å². The molecule has 3 rings (SSSR count). The third kappa shape index (κ3) is 6.10. The van der Waals surface area contributed by atoms with Gasteiger partial charge >= 0.3 is 6.18 Å². The van der Waals surface area contributed by atoms with E-state index in [0.29, 0.717) is 23.7 Å². The van der Waals surface area contributed by atoms with Crippen molar-refractivity contribution in [3.05, 3.63) is 58.7 Å². The van der Waals surface area contributed by atoms with Gasteiger partial charge in [0.05, 0.1) is 5.56 Å². The van der Waals surface area contributed by atoms with Gasteiger partial charge in [-0.3, -0.25) is 9.59 Å². The van der Waals surface area contributed by atoms with Gasteiger partial charge in [0.15, 0.2) is 0 Å². The van der Waals surface area contributed by atoms with Crippen LogP contribution in [0.4, 0.5) is 19.0 Å². The van der Waals surface area contributed by atoms with E-state index in [2.05, 4.69) is 15.2 Å². The van der Waals surface area contributed by atoms with Crippen LogP contribution < -0.4 is 10.2 Å². The number of rotatable bonds is 8. The van der Waals surface area contributed by atoms with E-state index in [-0.39, 0.29) is 17.6 Å². The zero-order chi connectivity index (χ0) is 26.5. The van der Waals surface area contributed by atoms with Crippen LogP contribution in [0.5, 0.6) is 0 Å². The molecule has 7 nitrogen and oxygen atoms in total. The molecule has 2 heterocycles. The zero-order valence-electron chi connectivity index (χ0n) is 20.2. The Morgan fingerprint density at radius 1 is 1.14 bits per heavy atom. The molecule has 11 heteroatoms. The second-order valence-electron chi connectivity index (χ2n) is 9.11. The lowest BCUT2D eigenvalue weighted by Crippen LogP contribution is -2.54. The van der Waals surface area contributed by atoms with Crippen molar-refractivity contribution in [1.82, 2.24) is 15.2 Å². The summed E-state index contributed by atoms with van der Waals surface area (Å²) in [7, 11) is 3.28. The van der Waals surface area contributed by atoms with Gasteiger partial charge in [0.25, 0.3) is 17.4 Å². The predicted octanol–water partition coefficient (Wildman–Crippen LogP) is 4.00. The van der Waals surface area contributed by atoms with Gasteiger partial charge in [0, 0.05) is 39.3 Å². The summed E-state index contributed by atoms with van der Waals surface area (Å²) in [6.45, 7) is 1.48. The van der Waals surface area contributed by atoms with E-state index >= 15 is 0 Å². The largest absolute Gasteiger partial charge is 0.430 e. The van der Waals surface area contributed by atoms with Gasteiger partial charge in [-0.05, 0) is 43.7 Å². The van der Waals surface area contributed by atoms with Gasteiger partial charge in [-0.1, -0.05) is 41.9 Å². The second-order valence-corrected chi connectivity index (χ2v) is 9.47. The van der Waals surface area contributed by atoms with Crippen molar-refractivity contribution in [3.8, 4) is 0 Å². The van der Waals surface area contributed by atoms with Crippen molar-refractivity contribution < 1.29 is 27.9 Å². The number of amides is 2. The van der Waals surface area contributed by atoms with E-state index < -0.39 is 23.2 Å². The van der Waals surface area contributed by atoms with E-state index in [9.17, 15) is 27.9 Å². The Hall–Kier alpha value is -2.85. The minimum atomic E-state index is -5.15. The Labute approximate surface area is 213 Å². The Kier molecular flexibility index (Phi) is 8.84. The van der Waals surface area contributed by atoms with Crippen LogP contribution in [0.3, 0.4) is 0 Å². The molecular weight excluding hydrogens is 497 g/mol. The highest BCUT2D eigenvalue weighted by Gasteiger charge is 2.60. The molecule has 1 aliphatic heterocycles. The molecule has 1 aliphatic rings. The number of nitrogens with zero attached hydrogens (tertiary/aromatic N) is 3. The number of nitrogens with one attached hydrogen (secondary N) is 1. The number of carbonyl (C=O) groups excluding carboxylic acids is 2. The van der Waals surface area contributed by atoms with Gasteiger partial charge in [-0.25, -0.2) is 4.98 Å². The molecule has 2 aromatic rings. The Morgan fingerprint density at radius 2 is 1.78 bits per heavy atom. The quantitative estimate of drug-likeness (QED) is 0.401. The smallest absolute Gasteiger partial charge is 0.369 e. The summed E-state index contributed by atoms with van der Waals surface area (Å²) in [5, 5.41) is 12.7. The molecule has 0 bridgehead atoms. The Morgan fingerprint density at radius 3 is 2.33 bits per heavy atom. The van der Waals surface area contributed by atoms with Crippen LogP contribution >= 0.6 is 11.6 Å². The van der Waals surface area contributed by atoms with Crippen molar-refractivity contribution >= 4 is 29.2 Å². The third-order valence-corrected chi connectivity index (χ3v) is 6.70. The molecule has 1 saturated heterocycles. The van der Waals surface area contributed by atoms with Crippen LogP contribution in [0.2, 0.25) is 5.15 Å². The first-order chi connectivity index (χ1) is 16.9. The summed E-state index contributed by atoms with van der Waals surface area (Å²) in [6.07, 6.45) is -2.23. The van der Waals surface area contributed by atoms with Crippen molar-refractivity contribution in [2.24, 2.45) is 5.92 Å². The molecule has 196 valence electrons. The van der Waals surface area contributed by atoms with Crippen molar-refractivity contribution in [2.45, 2.75) is 37.5 Å². The first-order valence-electron chi connectivity index (χ1n) is 11.7. The van der Waals surface area contributed by atoms with Crippen LogP contribution in [0, 0.1) is 5.92 Å². The highest BCUT2D eigenvalue weighted by atomic mass is 35.5. The molecule has 1 aromatic heterocycles. The number of halogens is 4. The normalized spacial score (nSPS) is 16.4. The highest BCUT2D eigenvalue weighted by Crippen LogP contribution is 2.39. The molecule has 2 N–H and O–H groups in total. The van der Waals surface area contributed by atoms with Crippen molar-refractivity contribution in [1.29, 1.82) is 0 Å². The number of piperidine rings is 1. The third-order valence-electron chi connectivity index (χ3n) is 6.41. The molecule has 36 heavy (non-hydrogen) atoms. The lowest BCUT2D eigenvalue weighted by Gasteiger charge is -2.33. The molecule has 1 atom stereocenters. The fraction of sp³-hybridized carbons (Fsp3) is 0.480. The fourth-order valence-electron chi connectivity index (χ4n) is 4.28. The fourth-order valence-corrected chi connectivity index (χ4v) is 4.51. The molecule has 0 spiro atoms. The standard InChI is InChI=1S/C25H30ClF3N4O3/c1-32(2)22(34)19-10-11-20(31-21(19)26)33-15-12-17(13-16-33)7-6-14-30-23(35)24(36,25(27,28)29)18-8-4-3-5-9-18/h3-5,8-11,17,36H,6-7,12-16H2,1-2H3,(H,30,35)/t24-/m0/s1. The summed E-state index contributed by atoms with van der Waals surface area (Å²) in [4.78, 5) is 32.4. The number of aromatic nitrogens is 1. The summed E-state index contributed by atoms with van der Waals surface area (Å²) < 4.78 is 40.8. The zero-order valence-corrected chi connectivity index (χ0v) is 20.9. The lowest BCUT2D eigenvalue weighted by atomic mass is 9.91. The number of anilines is 1. The summed E-state index contributed by atoms with van der Waals surface area (Å²) in [6, 6.07) is 9.79. The highest BCUT2D eigenvalue weighted by molar-refractivity contribution is 6.32. The number of benzene rings is 1. The van der Waals surface area contributed by atoms with Gasteiger partial charge in [-0.15, -0.1) is 0 Å². The van der Waals surface area contributed by atoms with Crippen LogP contribution in [0.15, 0.2) is 42.5 Å². The molecule has 0 saturated carbocycles. The van der Waals surface area contributed by atoms with Crippen molar-refractivity contribution in [2.75, 3.05) is 38.6 Å². The minimum Gasteiger partial charge on any atom is -0.369 e. The maximum atomic E-state index is 13.6. The van der Waals surface area contributed by atoms with E-state index in [4.69, 9.17) is 11.6 Å². The monoisotopic (exact) mass is 526 g/mol. The van der Waals surface area contributed by atoms with Crippen LogP contribution in [0.1, 0.15) is 41.6 Å². The lowest BCUT2D eigenvalue weighted by molar-refractivity contribution is -0.257. The molecule has 1 aromatic carbocycles. The van der Waals surface area contributed by atoms with E-state index in [0.717, 1.165) is 44.5 Å². The Bertz CT molecular complexity index is 1060. The van der Waals surface area contributed by atoms with Gasteiger partial charge in [-0.2, -0.15) is 13.2 Å². The van der Waals surface area contributed by atoms with E-state index in [1.165, 1.54) is 23.1 Å². The number of hydrogen-bond donors (Lipinski definition) is 2. The molecular formula is C25H30ClF3N4O3. The number of aliphatic hydroxyl groups is 1. The van der Waals surface area contributed by atoms with Crippen LogP contribution in [-0.4, -0.2) is 66.7 Å². The second kappa shape index (κ2) is 11.5. The summed E-state index contributed by atoms with van der Waals surface area (Å²) in [5.74, 6) is -0.662. The maximum Gasteiger partial charge on any atom is 0.430 e. The van der Waals surface area contributed by atoms with Gasteiger partial charge in [0.1, 0.15) is 11.0 Å². The number of alkyl halides is 3. The molecule has 0 aliphatic carbocycles. The number of pyridine rings is 1. The first-order valence-corrected chi connectivity index (χ1v) is 12.1. The minimum absolute atomic E-state index is 0.0306.